The zero-order chi connectivity index (χ0) is 11.4. The summed E-state index contributed by atoms with van der Waals surface area (Å²) in [5, 5.41) is 5.83. The first-order valence-electron chi connectivity index (χ1n) is 5.67. The molecule has 0 nitrogen and oxygen atoms in total. The molecule has 4 rings (SSSR count). The Morgan fingerprint density at radius 3 is 2.65 bits per heavy atom. The molecule has 0 heterocycles. The molecule has 0 radical (unpaired) electrons. The highest BCUT2D eigenvalue weighted by atomic mass is 35.5. The van der Waals surface area contributed by atoms with Crippen LogP contribution in [0.2, 0.25) is 5.02 Å². The summed E-state index contributed by atoms with van der Waals surface area (Å²) < 4.78 is 0. The highest BCUT2D eigenvalue weighted by Crippen LogP contribution is 2.39. The second-order valence-electron chi connectivity index (χ2n) is 4.40. The Morgan fingerprint density at radius 2 is 1.71 bits per heavy atom. The van der Waals surface area contributed by atoms with E-state index >= 15 is 0 Å². The van der Waals surface area contributed by atoms with Gasteiger partial charge in [0.2, 0.25) is 0 Å². The number of halogens is 1. The van der Waals surface area contributed by atoms with Crippen LogP contribution in [-0.2, 0) is 0 Å². The van der Waals surface area contributed by atoms with Crippen molar-refractivity contribution in [2.45, 2.75) is 0 Å². The molecule has 80 valence electrons. The van der Waals surface area contributed by atoms with Crippen molar-refractivity contribution < 1.29 is 0 Å². The van der Waals surface area contributed by atoms with Crippen LogP contribution in [0.5, 0.6) is 0 Å². The van der Waals surface area contributed by atoms with Crippen molar-refractivity contribution >= 4 is 45.3 Å². The molecule has 0 unspecified atom stereocenters. The van der Waals surface area contributed by atoms with Crippen LogP contribution in [0.1, 0.15) is 11.1 Å². The molecule has 0 aromatic heterocycles. The van der Waals surface area contributed by atoms with Gasteiger partial charge in [-0.3, -0.25) is 0 Å². The van der Waals surface area contributed by atoms with Gasteiger partial charge in [0.1, 0.15) is 0 Å². The van der Waals surface area contributed by atoms with Gasteiger partial charge in [-0.25, -0.2) is 0 Å². The lowest BCUT2D eigenvalue weighted by Crippen LogP contribution is -1.83. The summed E-state index contributed by atoms with van der Waals surface area (Å²) >= 11 is 6.30. The first-order chi connectivity index (χ1) is 8.34. The van der Waals surface area contributed by atoms with E-state index in [9.17, 15) is 0 Å². The standard InChI is InChI=1S/C16H9Cl/c17-15-8-6-10-5-7-13-12-4-2-1-3-11(12)9-14(15)16(10)13/h1-9H. The van der Waals surface area contributed by atoms with Crippen molar-refractivity contribution in [1.29, 1.82) is 0 Å². The predicted octanol–water partition coefficient (Wildman–Crippen LogP) is 5.13. The molecule has 0 fully saturated rings. The van der Waals surface area contributed by atoms with Crippen LogP contribution in [0.4, 0.5) is 0 Å². The average molecular weight is 237 g/mol. The van der Waals surface area contributed by atoms with Gasteiger partial charge in [-0.05, 0) is 39.4 Å². The van der Waals surface area contributed by atoms with Crippen LogP contribution in [0.3, 0.4) is 0 Å². The molecule has 0 spiro atoms. The maximum atomic E-state index is 6.30. The molecule has 0 amide bonds. The third kappa shape index (κ3) is 1.13. The van der Waals surface area contributed by atoms with Crippen molar-refractivity contribution in [3.05, 3.63) is 58.6 Å². The van der Waals surface area contributed by atoms with Crippen molar-refractivity contribution in [2.75, 3.05) is 0 Å². The number of hydrogen-bond acceptors (Lipinski definition) is 0. The molecule has 0 bridgehead atoms. The molecule has 0 saturated carbocycles. The number of benzene rings is 3. The van der Waals surface area contributed by atoms with E-state index in [1.165, 1.54) is 27.3 Å². The minimum atomic E-state index is 0.833. The zero-order valence-corrected chi connectivity index (χ0v) is 9.83. The van der Waals surface area contributed by atoms with E-state index in [0.717, 1.165) is 10.4 Å². The van der Waals surface area contributed by atoms with E-state index in [-0.39, 0.29) is 0 Å². The van der Waals surface area contributed by atoms with Crippen LogP contribution in [0.15, 0.2) is 42.5 Å². The molecule has 0 saturated heterocycles. The molecule has 3 aromatic carbocycles. The second kappa shape index (κ2) is 3.12. The molecule has 17 heavy (non-hydrogen) atoms. The van der Waals surface area contributed by atoms with Crippen LogP contribution < -0.4 is 0 Å². The monoisotopic (exact) mass is 236 g/mol. The number of rotatable bonds is 0. The van der Waals surface area contributed by atoms with Gasteiger partial charge < -0.3 is 0 Å². The van der Waals surface area contributed by atoms with E-state index in [1.54, 1.807) is 0 Å². The third-order valence-electron chi connectivity index (χ3n) is 3.47. The maximum Gasteiger partial charge on any atom is 0.0485 e. The zero-order valence-electron chi connectivity index (χ0n) is 9.07. The second-order valence-corrected chi connectivity index (χ2v) is 4.81. The van der Waals surface area contributed by atoms with Crippen LogP contribution in [0, 0.1) is 0 Å². The predicted molar refractivity (Wildman–Crippen MR) is 75.4 cm³/mol. The summed E-state index contributed by atoms with van der Waals surface area (Å²) in [6, 6.07) is 14.7. The molecule has 0 atom stereocenters. The van der Waals surface area contributed by atoms with Gasteiger partial charge in [-0.1, -0.05) is 54.1 Å². The summed E-state index contributed by atoms with van der Waals surface area (Å²) in [5.74, 6) is 0. The molecule has 1 heteroatoms. The molecule has 1 aliphatic carbocycles. The largest absolute Gasteiger partial charge is 0.0837 e. The fourth-order valence-electron chi connectivity index (χ4n) is 2.70. The minimum Gasteiger partial charge on any atom is -0.0837 e. The first-order valence-corrected chi connectivity index (χ1v) is 6.04. The average Bonchev–Trinajstić information content (AvgIpc) is 2.79. The normalized spacial score (nSPS) is 12.8. The number of hydrogen-bond donors (Lipinski definition) is 0. The molecule has 0 N–H and O–H groups in total. The lowest BCUT2D eigenvalue weighted by molar-refractivity contribution is 1.74. The van der Waals surface area contributed by atoms with Gasteiger partial charge in [0, 0.05) is 10.4 Å². The Kier molecular flexibility index (Phi) is 1.70. The molecular weight excluding hydrogens is 228 g/mol. The summed E-state index contributed by atoms with van der Waals surface area (Å²) in [6.45, 7) is 0. The van der Waals surface area contributed by atoms with E-state index in [2.05, 4.69) is 48.6 Å². The highest BCUT2D eigenvalue weighted by molar-refractivity contribution is 6.37. The smallest absolute Gasteiger partial charge is 0.0485 e. The van der Waals surface area contributed by atoms with Gasteiger partial charge in [0.15, 0.2) is 0 Å². The van der Waals surface area contributed by atoms with Crippen molar-refractivity contribution in [2.24, 2.45) is 0 Å². The Bertz CT molecular complexity index is 797. The van der Waals surface area contributed by atoms with Crippen molar-refractivity contribution in [3.8, 4) is 0 Å². The summed E-state index contributed by atoms with van der Waals surface area (Å²) in [7, 11) is 0. The molecule has 3 aromatic rings. The molecule has 1 aliphatic rings. The fraction of sp³-hybridized carbons (Fsp3) is 0. The summed E-state index contributed by atoms with van der Waals surface area (Å²) in [6.07, 6.45) is 4.36. The highest BCUT2D eigenvalue weighted by Gasteiger charge is 2.14. The van der Waals surface area contributed by atoms with E-state index in [0.29, 0.717) is 0 Å². The van der Waals surface area contributed by atoms with Gasteiger partial charge in [0.25, 0.3) is 0 Å². The van der Waals surface area contributed by atoms with E-state index < -0.39 is 0 Å². The Labute approximate surface area is 104 Å². The summed E-state index contributed by atoms with van der Waals surface area (Å²) in [4.78, 5) is 0. The fourth-order valence-corrected chi connectivity index (χ4v) is 2.91. The van der Waals surface area contributed by atoms with E-state index in [1.807, 2.05) is 6.07 Å². The van der Waals surface area contributed by atoms with Crippen molar-refractivity contribution in [1.82, 2.24) is 0 Å². The maximum absolute atomic E-state index is 6.30. The van der Waals surface area contributed by atoms with Gasteiger partial charge in [0.05, 0.1) is 0 Å². The van der Waals surface area contributed by atoms with Gasteiger partial charge in [-0.2, -0.15) is 0 Å². The Balaban J connectivity index is 2.38. The summed E-state index contributed by atoms with van der Waals surface area (Å²) in [5.41, 5.74) is 2.57. The molecular formula is C16H9Cl. The Hall–Kier alpha value is -1.79. The minimum absolute atomic E-state index is 0.833. The first kappa shape index (κ1) is 9.26. The van der Waals surface area contributed by atoms with Gasteiger partial charge >= 0.3 is 0 Å². The van der Waals surface area contributed by atoms with Gasteiger partial charge in [-0.15, -0.1) is 0 Å². The third-order valence-corrected chi connectivity index (χ3v) is 3.80. The van der Waals surface area contributed by atoms with Crippen LogP contribution in [0.25, 0.3) is 33.7 Å². The van der Waals surface area contributed by atoms with Crippen LogP contribution >= 0.6 is 11.6 Å². The lowest BCUT2D eigenvalue weighted by atomic mass is 9.97. The Morgan fingerprint density at radius 1 is 0.824 bits per heavy atom. The number of fused-ring (bicyclic) bond motifs is 2. The quantitative estimate of drug-likeness (QED) is 0.371. The van der Waals surface area contributed by atoms with Crippen LogP contribution in [-0.4, -0.2) is 0 Å². The van der Waals surface area contributed by atoms with Crippen molar-refractivity contribution in [3.63, 3.8) is 0 Å². The van der Waals surface area contributed by atoms with E-state index in [4.69, 9.17) is 11.6 Å². The topological polar surface area (TPSA) is 0 Å². The lowest BCUT2D eigenvalue weighted by Gasteiger charge is -2.08. The molecule has 0 aliphatic heterocycles. The SMILES string of the molecule is Clc1ccc2c3c(c4ccccc4cc13)C=C2.